The summed E-state index contributed by atoms with van der Waals surface area (Å²) in [6.07, 6.45) is 2.02. The molecule has 3 fully saturated rings. The molecule has 0 unspecified atom stereocenters. The number of aryl methyl sites for hydroxylation is 1. The van der Waals surface area contributed by atoms with Crippen LogP contribution >= 0.6 is 0 Å². The number of carbonyl (C=O) groups is 2. The number of anilines is 1. The van der Waals surface area contributed by atoms with Crippen LogP contribution in [-0.4, -0.2) is 48.2 Å². The molecular weight excluding hydrogens is 448 g/mol. The van der Waals surface area contributed by atoms with E-state index in [9.17, 15) is 18.4 Å². The molecule has 2 bridgehead atoms. The zero-order valence-electron chi connectivity index (χ0n) is 18.4. The molecular formula is C22H21F2N7O3. The number of carbonyl (C=O) groups excluding carboxylic acids is 2. The highest BCUT2D eigenvalue weighted by molar-refractivity contribution is 5.95. The average molecular weight is 469 g/mol. The summed E-state index contributed by atoms with van der Waals surface area (Å²) in [5.41, 5.74) is -0.452. The maximum absolute atomic E-state index is 13.8. The van der Waals surface area contributed by atoms with Gasteiger partial charge in [0.25, 0.3) is 5.91 Å². The Morgan fingerprint density at radius 2 is 1.97 bits per heavy atom. The molecule has 3 aliphatic carbocycles. The molecule has 0 spiro atoms. The summed E-state index contributed by atoms with van der Waals surface area (Å²) in [6, 6.07) is 6.16. The predicted molar refractivity (Wildman–Crippen MR) is 115 cm³/mol. The Bertz CT molecular complexity index is 1260. The first-order valence-corrected chi connectivity index (χ1v) is 10.6. The third kappa shape index (κ3) is 3.84. The fraction of sp³-hybridized carbons (Fsp3) is 0.364. The lowest BCUT2D eigenvalue weighted by Crippen LogP contribution is -2.76. The maximum Gasteiger partial charge on any atom is 0.413 e. The molecule has 3 aromatic heterocycles. The fourth-order valence-electron chi connectivity index (χ4n) is 4.50. The highest BCUT2D eigenvalue weighted by atomic mass is 19.1. The first kappa shape index (κ1) is 21.9. The van der Waals surface area contributed by atoms with E-state index in [1.54, 1.807) is 25.2 Å². The maximum atomic E-state index is 13.8. The van der Waals surface area contributed by atoms with E-state index >= 15 is 0 Å². The van der Waals surface area contributed by atoms with E-state index in [2.05, 4.69) is 30.9 Å². The van der Waals surface area contributed by atoms with Crippen molar-refractivity contribution in [2.24, 2.45) is 7.05 Å². The number of ether oxygens (including phenoxy) is 1. The summed E-state index contributed by atoms with van der Waals surface area (Å²) in [7, 11) is 1.57. The lowest BCUT2D eigenvalue weighted by atomic mass is 9.47. The molecule has 0 saturated heterocycles. The fourth-order valence-corrected chi connectivity index (χ4v) is 4.50. The Balaban J connectivity index is 1.26. The summed E-state index contributed by atoms with van der Waals surface area (Å²) in [6.45, 7) is 1.52. The van der Waals surface area contributed by atoms with E-state index in [4.69, 9.17) is 4.74 Å². The van der Waals surface area contributed by atoms with Gasteiger partial charge in [0.2, 0.25) is 5.95 Å². The SMILES string of the molecule is C[C@@H](OC(=O)Nc1c(-c2ccc(C(=O)NC34CC(F)(C3)C4)cn2)nnn1C)c1cccnc1F. The van der Waals surface area contributed by atoms with Gasteiger partial charge in [0.05, 0.1) is 11.3 Å². The van der Waals surface area contributed by atoms with Crippen LogP contribution in [-0.2, 0) is 11.8 Å². The van der Waals surface area contributed by atoms with Gasteiger partial charge >= 0.3 is 6.09 Å². The van der Waals surface area contributed by atoms with Crippen LogP contribution in [0.3, 0.4) is 0 Å². The van der Waals surface area contributed by atoms with Gasteiger partial charge in [0.1, 0.15) is 11.8 Å². The van der Waals surface area contributed by atoms with Gasteiger partial charge in [-0.05, 0) is 31.2 Å². The highest BCUT2D eigenvalue weighted by Gasteiger charge is 2.69. The normalized spacial score (nSPS) is 23.3. The van der Waals surface area contributed by atoms with E-state index in [1.165, 1.54) is 30.1 Å². The molecule has 0 aromatic carbocycles. The molecule has 34 heavy (non-hydrogen) atoms. The molecule has 0 aliphatic heterocycles. The van der Waals surface area contributed by atoms with Gasteiger partial charge < -0.3 is 10.1 Å². The minimum atomic E-state index is -1.10. The molecule has 10 nitrogen and oxygen atoms in total. The number of halogens is 2. The number of nitrogens with one attached hydrogen (secondary N) is 2. The van der Waals surface area contributed by atoms with Crippen molar-refractivity contribution in [2.75, 3.05) is 5.32 Å². The Morgan fingerprint density at radius 1 is 1.21 bits per heavy atom. The highest BCUT2D eigenvalue weighted by Crippen LogP contribution is 2.62. The van der Waals surface area contributed by atoms with E-state index < -0.39 is 29.4 Å². The molecule has 2 amide bonds. The van der Waals surface area contributed by atoms with Crippen LogP contribution in [0.15, 0.2) is 36.7 Å². The van der Waals surface area contributed by atoms with Crippen LogP contribution < -0.4 is 10.6 Å². The van der Waals surface area contributed by atoms with Crippen molar-refractivity contribution in [3.63, 3.8) is 0 Å². The summed E-state index contributed by atoms with van der Waals surface area (Å²) in [4.78, 5) is 32.7. The molecule has 3 heterocycles. The zero-order chi connectivity index (χ0) is 24.1. The summed E-state index contributed by atoms with van der Waals surface area (Å²) in [5.74, 6) is -0.841. The number of nitrogens with zero attached hydrogens (tertiary/aromatic N) is 5. The van der Waals surface area contributed by atoms with Gasteiger partial charge in [-0.25, -0.2) is 18.9 Å². The predicted octanol–water partition coefficient (Wildman–Crippen LogP) is 3.10. The van der Waals surface area contributed by atoms with Crippen LogP contribution in [0.25, 0.3) is 11.4 Å². The standard InChI is InChI=1S/C22H21F2N7O3/c1-12(14-4-3-7-25-17(14)23)34-20(33)27-18-16(29-30-31(18)2)15-6-5-13(8-26-15)19(32)28-22-9-21(24,10-22)11-22/h3-8,12H,9-11H2,1-2H3,(H,27,33)(H,28,32)/t12-,21?,22?/m1/s1. The van der Waals surface area contributed by atoms with Gasteiger partial charge in [-0.15, -0.1) is 5.10 Å². The largest absolute Gasteiger partial charge is 0.441 e. The Hall–Kier alpha value is -3.96. The van der Waals surface area contributed by atoms with Crippen molar-refractivity contribution >= 4 is 17.8 Å². The third-order valence-electron chi connectivity index (χ3n) is 6.17. The van der Waals surface area contributed by atoms with Crippen LogP contribution in [0.5, 0.6) is 0 Å². The molecule has 1 atom stereocenters. The smallest absolute Gasteiger partial charge is 0.413 e. The van der Waals surface area contributed by atoms with Crippen LogP contribution in [0.2, 0.25) is 0 Å². The van der Waals surface area contributed by atoms with Crippen LogP contribution in [0.4, 0.5) is 19.4 Å². The van der Waals surface area contributed by atoms with Crippen molar-refractivity contribution in [3.8, 4) is 11.4 Å². The zero-order valence-corrected chi connectivity index (χ0v) is 18.4. The minimum Gasteiger partial charge on any atom is -0.441 e. The number of amides is 2. The van der Waals surface area contributed by atoms with Crippen molar-refractivity contribution in [1.82, 2.24) is 30.3 Å². The number of hydrogen-bond donors (Lipinski definition) is 2. The second-order valence-corrected chi connectivity index (χ2v) is 8.81. The first-order chi connectivity index (χ1) is 16.2. The molecule has 3 aliphatic rings. The number of hydrogen-bond acceptors (Lipinski definition) is 7. The van der Waals surface area contributed by atoms with E-state index in [0.717, 1.165) is 0 Å². The molecule has 176 valence electrons. The van der Waals surface area contributed by atoms with E-state index in [-0.39, 0.29) is 23.0 Å². The van der Waals surface area contributed by atoms with Crippen LogP contribution in [0.1, 0.15) is 48.2 Å². The molecule has 12 heteroatoms. The summed E-state index contributed by atoms with van der Waals surface area (Å²) < 4.78 is 34.1. The van der Waals surface area contributed by atoms with Gasteiger partial charge in [-0.2, -0.15) is 4.39 Å². The van der Waals surface area contributed by atoms with Gasteiger partial charge in [0.15, 0.2) is 11.5 Å². The van der Waals surface area contributed by atoms with Gasteiger partial charge in [-0.3, -0.25) is 15.1 Å². The first-order valence-electron chi connectivity index (χ1n) is 10.6. The minimum absolute atomic E-state index is 0.136. The second kappa shape index (κ2) is 7.82. The quantitative estimate of drug-likeness (QED) is 0.532. The van der Waals surface area contributed by atoms with Crippen molar-refractivity contribution in [2.45, 2.75) is 43.5 Å². The monoisotopic (exact) mass is 469 g/mol. The lowest BCUT2D eigenvalue weighted by molar-refractivity contribution is -0.162. The summed E-state index contributed by atoms with van der Waals surface area (Å²) >= 11 is 0. The Kier molecular flexibility index (Phi) is 5.03. The van der Waals surface area contributed by atoms with Gasteiger partial charge in [0, 0.05) is 49.8 Å². The third-order valence-corrected chi connectivity index (χ3v) is 6.17. The topological polar surface area (TPSA) is 124 Å². The van der Waals surface area contributed by atoms with E-state index in [0.29, 0.717) is 30.5 Å². The van der Waals surface area contributed by atoms with Crippen molar-refractivity contribution < 1.29 is 23.1 Å². The lowest BCUT2D eigenvalue weighted by Gasteiger charge is -2.65. The van der Waals surface area contributed by atoms with Crippen LogP contribution in [0, 0.1) is 5.95 Å². The number of alkyl halides is 1. The second-order valence-electron chi connectivity index (χ2n) is 8.81. The van der Waals surface area contributed by atoms with Crippen molar-refractivity contribution in [1.29, 1.82) is 0 Å². The van der Waals surface area contributed by atoms with Crippen molar-refractivity contribution in [3.05, 3.63) is 53.7 Å². The Morgan fingerprint density at radius 3 is 2.62 bits per heavy atom. The van der Waals surface area contributed by atoms with E-state index in [1.807, 2.05) is 0 Å². The number of pyridine rings is 2. The molecule has 0 radical (unpaired) electrons. The molecule has 2 N–H and O–H groups in total. The van der Waals surface area contributed by atoms with Gasteiger partial charge in [-0.1, -0.05) is 5.21 Å². The molecule has 3 aromatic rings. The molecule has 6 rings (SSSR count). The Labute approximate surface area is 192 Å². The number of rotatable bonds is 6. The molecule has 3 saturated carbocycles. The number of aromatic nitrogens is 5. The average Bonchev–Trinajstić information content (AvgIpc) is 3.12. The summed E-state index contributed by atoms with van der Waals surface area (Å²) in [5, 5.41) is 13.4.